The van der Waals surface area contributed by atoms with E-state index in [9.17, 15) is 0 Å². The molecule has 0 bridgehead atoms. The Morgan fingerprint density at radius 3 is 2.74 bits per heavy atom. The normalized spacial score (nSPS) is 10.7. The second-order valence-corrected chi connectivity index (χ2v) is 5.57. The lowest BCUT2D eigenvalue weighted by Gasteiger charge is -2.08. The summed E-state index contributed by atoms with van der Waals surface area (Å²) in [5, 5.41) is 9.98. The summed E-state index contributed by atoms with van der Waals surface area (Å²) in [7, 11) is 0. The fraction of sp³-hybridized carbons (Fsp3) is 0.235. The number of nitrogen functional groups attached to an aromatic ring is 1. The third kappa shape index (κ3) is 3.66. The monoisotopic (exact) mass is 308 g/mol. The number of pyridine rings is 1. The Morgan fingerprint density at radius 1 is 1.13 bits per heavy atom. The molecule has 118 valence electrons. The molecule has 6 nitrogen and oxygen atoms in total. The molecule has 0 saturated heterocycles. The van der Waals surface area contributed by atoms with Gasteiger partial charge in [-0.1, -0.05) is 18.2 Å². The van der Waals surface area contributed by atoms with Crippen LogP contribution in [0.25, 0.3) is 11.4 Å². The summed E-state index contributed by atoms with van der Waals surface area (Å²) in [5.41, 5.74) is 10.4. The van der Waals surface area contributed by atoms with Crippen LogP contribution in [0.4, 0.5) is 11.8 Å². The highest BCUT2D eigenvalue weighted by molar-refractivity contribution is 5.60. The van der Waals surface area contributed by atoms with Crippen molar-refractivity contribution in [2.24, 2.45) is 0 Å². The molecule has 0 fully saturated rings. The average Bonchev–Trinajstić information content (AvgIpc) is 2.98. The number of rotatable bonds is 5. The standard InChI is InChI=1S/C17H20N6/c1-11-3-4-13(9-12(11)2)5-7-19-15-10-14(6-8-20-15)16-21-17(18)23-22-16/h3-4,6,8-10H,5,7H2,1-2H3,(H,19,20)(H3,18,21,22,23). The van der Waals surface area contributed by atoms with Gasteiger partial charge in [-0.05, 0) is 49.1 Å². The molecular weight excluding hydrogens is 288 g/mol. The van der Waals surface area contributed by atoms with Crippen LogP contribution in [0.2, 0.25) is 0 Å². The predicted octanol–water partition coefficient (Wildman–Crippen LogP) is 2.72. The van der Waals surface area contributed by atoms with Crippen molar-refractivity contribution < 1.29 is 0 Å². The van der Waals surface area contributed by atoms with Gasteiger partial charge >= 0.3 is 0 Å². The van der Waals surface area contributed by atoms with Crippen LogP contribution in [0.3, 0.4) is 0 Å². The number of hydrogen-bond donors (Lipinski definition) is 3. The Morgan fingerprint density at radius 2 is 2.00 bits per heavy atom. The van der Waals surface area contributed by atoms with Crippen molar-refractivity contribution in [1.82, 2.24) is 20.2 Å². The van der Waals surface area contributed by atoms with Crippen LogP contribution in [0, 0.1) is 13.8 Å². The van der Waals surface area contributed by atoms with E-state index >= 15 is 0 Å². The van der Waals surface area contributed by atoms with Crippen molar-refractivity contribution in [3.05, 3.63) is 53.2 Å². The average molecular weight is 308 g/mol. The van der Waals surface area contributed by atoms with Crippen molar-refractivity contribution in [3.63, 3.8) is 0 Å². The van der Waals surface area contributed by atoms with Gasteiger partial charge in [-0.25, -0.2) is 4.98 Å². The molecule has 2 heterocycles. The number of aromatic nitrogens is 4. The number of nitrogens with one attached hydrogen (secondary N) is 2. The number of nitrogens with zero attached hydrogens (tertiary/aromatic N) is 3. The van der Waals surface area contributed by atoms with Crippen LogP contribution < -0.4 is 11.1 Å². The third-order valence-corrected chi connectivity index (χ3v) is 3.83. The number of aryl methyl sites for hydroxylation is 2. The predicted molar refractivity (Wildman–Crippen MR) is 92.1 cm³/mol. The summed E-state index contributed by atoms with van der Waals surface area (Å²) in [6.45, 7) is 5.08. The van der Waals surface area contributed by atoms with Crippen molar-refractivity contribution in [2.45, 2.75) is 20.3 Å². The summed E-state index contributed by atoms with van der Waals surface area (Å²) in [5.74, 6) is 1.68. The van der Waals surface area contributed by atoms with E-state index in [0.29, 0.717) is 5.82 Å². The van der Waals surface area contributed by atoms with Crippen LogP contribution in [0.1, 0.15) is 16.7 Å². The zero-order chi connectivity index (χ0) is 16.2. The van der Waals surface area contributed by atoms with Gasteiger partial charge in [0, 0.05) is 18.3 Å². The first-order valence-corrected chi connectivity index (χ1v) is 7.56. The lowest BCUT2D eigenvalue weighted by molar-refractivity contribution is 1.00. The maximum atomic E-state index is 5.54. The number of anilines is 2. The van der Waals surface area contributed by atoms with E-state index in [2.05, 4.69) is 57.5 Å². The maximum absolute atomic E-state index is 5.54. The van der Waals surface area contributed by atoms with Gasteiger partial charge in [0.05, 0.1) is 0 Å². The number of nitrogens with two attached hydrogens (primary N) is 1. The molecule has 0 unspecified atom stereocenters. The van der Waals surface area contributed by atoms with Crippen molar-refractivity contribution in [2.75, 3.05) is 17.6 Å². The van der Waals surface area contributed by atoms with Crippen LogP contribution in [0.15, 0.2) is 36.5 Å². The number of aromatic amines is 1. The van der Waals surface area contributed by atoms with Crippen LogP contribution >= 0.6 is 0 Å². The molecule has 0 atom stereocenters. The zero-order valence-electron chi connectivity index (χ0n) is 13.3. The third-order valence-electron chi connectivity index (χ3n) is 3.83. The lowest BCUT2D eigenvalue weighted by atomic mass is 10.0. The van der Waals surface area contributed by atoms with E-state index in [1.807, 2.05) is 12.1 Å². The molecule has 0 radical (unpaired) electrons. The molecule has 0 spiro atoms. The highest BCUT2D eigenvalue weighted by Gasteiger charge is 2.05. The van der Waals surface area contributed by atoms with Crippen LogP contribution in [-0.2, 0) is 6.42 Å². The Balaban J connectivity index is 1.63. The minimum atomic E-state index is 0.237. The molecule has 2 aromatic heterocycles. The van der Waals surface area contributed by atoms with Gasteiger partial charge in [-0.15, -0.1) is 5.10 Å². The number of benzene rings is 1. The molecule has 3 aromatic rings. The Hall–Kier alpha value is -2.89. The zero-order valence-corrected chi connectivity index (χ0v) is 13.3. The number of H-pyrrole nitrogens is 1. The summed E-state index contributed by atoms with van der Waals surface area (Å²) in [4.78, 5) is 8.45. The smallest absolute Gasteiger partial charge is 0.239 e. The summed E-state index contributed by atoms with van der Waals surface area (Å²) >= 11 is 0. The first-order chi connectivity index (χ1) is 11.1. The van der Waals surface area contributed by atoms with E-state index in [1.54, 1.807) is 6.20 Å². The molecule has 0 saturated carbocycles. The molecule has 23 heavy (non-hydrogen) atoms. The summed E-state index contributed by atoms with van der Waals surface area (Å²) in [6.07, 6.45) is 2.69. The highest BCUT2D eigenvalue weighted by Crippen LogP contribution is 2.17. The largest absolute Gasteiger partial charge is 0.370 e. The van der Waals surface area contributed by atoms with Gasteiger partial charge in [-0.3, -0.25) is 5.10 Å². The van der Waals surface area contributed by atoms with Crippen molar-refractivity contribution in [1.29, 1.82) is 0 Å². The first kappa shape index (κ1) is 15.0. The minimum absolute atomic E-state index is 0.237. The second-order valence-electron chi connectivity index (χ2n) is 5.57. The summed E-state index contributed by atoms with van der Waals surface area (Å²) in [6, 6.07) is 10.4. The summed E-state index contributed by atoms with van der Waals surface area (Å²) < 4.78 is 0. The molecule has 0 aliphatic carbocycles. The van der Waals surface area contributed by atoms with Gasteiger partial charge in [0.2, 0.25) is 5.95 Å². The molecule has 0 amide bonds. The SMILES string of the molecule is Cc1ccc(CCNc2cc(-c3nc(N)n[nH]3)ccn2)cc1C. The number of hydrogen-bond acceptors (Lipinski definition) is 5. The van der Waals surface area contributed by atoms with Gasteiger partial charge in [0.1, 0.15) is 5.82 Å². The van der Waals surface area contributed by atoms with Gasteiger partial charge in [-0.2, -0.15) is 4.98 Å². The maximum Gasteiger partial charge on any atom is 0.239 e. The Bertz CT molecular complexity index is 808. The molecule has 4 N–H and O–H groups in total. The van der Waals surface area contributed by atoms with Crippen molar-refractivity contribution >= 4 is 11.8 Å². The quantitative estimate of drug-likeness (QED) is 0.674. The van der Waals surface area contributed by atoms with Gasteiger partial charge in [0.25, 0.3) is 0 Å². The second kappa shape index (κ2) is 6.48. The van der Waals surface area contributed by atoms with Crippen LogP contribution in [0.5, 0.6) is 0 Å². The van der Waals surface area contributed by atoms with E-state index in [4.69, 9.17) is 5.73 Å². The molecule has 3 rings (SSSR count). The highest BCUT2D eigenvalue weighted by atomic mass is 15.3. The molecule has 6 heteroatoms. The fourth-order valence-electron chi connectivity index (χ4n) is 2.37. The molecular formula is C17H20N6. The topological polar surface area (TPSA) is 92.5 Å². The van der Waals surface area contributed by atoms with E-state index in [1.165, 1.54) is 16.7 Å². The fourth-order valence-corrected chi connectivity index (χ4v) is 2.37. The Labute approximate surface area is 135 Å². The van der Waals surface area contributed by atoms with E-state index in [0.717, 1.165) is 24.3 Å². The van der Waals surface area contributed by atoms with E-state index < -0.39 is 0 Å². The van der Waals surface area contributed by atoms with Crippen molar-refractivity contribution in [3.8, 4) is 11.4 Å². The molecule has 0 aliphatic heterocycles. The van der Waals surface area contributed by atoms with E-state index in [-0.39, 0.29) is 5.95 Å². The first-order valence-electron chi connectivity index (χ1n) is 7.56. The molecule has 0 aliphatic rings. The van der Waals surface area contributed by atoms with Gasteiger partial charge < -0.3 is 11.1 Å². The van der Waals surface area contributed by atoms with Gasteiger partial charge in [0.15, 0.2) is 5.82 Å². The Kier molecular flexibility index (Phi) is 4.23. The lowest BCUT2D eigenvalue weighted by Crippen LogP contribution is -2.06. The minimum Gasteiger partial charge on any atom is -0.370 e. The van der Waals surface area contributed by atoms with Crippen LogP contribution in [-0.4, -0.2) is 26.7 Å². The molecule has 1 aromatic carbocycles.